The molecule has 0 aliphatic carbocycles. The van der Waals surface area contributed by atoms with Crippen LogP contribution in [0.3, 0.4) is 0 Å². The van der Waals surface area contributed by atoms with Gasteiger partial charge in [0.2, 0.25) is 0 Å². The molecule has 0 fully saturated rings. The van der Waals surface area contributed by atoms with Crippen molar-refractivity contribution in [3.8, 4) is 0 Å². The van der Waals surface area contributed by atoms with E-state index >= 15 is 0 Å². The van der Waals surface area contributed by atoms with E-state index in [4.69, 9.17) is 4.74 Å². The number of ether oxygens (including phenoxy) is 1. The molecule has 90 valence electrons. The van der Waals surface area contributed by atoms with Gasteiger partial charge in [-0.05, 0) is 33.6 Å². The molecule has 0 aromatic rings. The summed E-state index contributed by atoms with van der Waals surface area (Å²) in [5.41, 5.74) is 0.942. The van der Waals surface area contributed by atoms with Crippen LogP contribution in [0.5, 0.6) is 0 Å². The van der Waals surface area contributed by atoms with Gasteiger partial charge in [-0.2, -0.15) is 0 Å². The van der Waals surface area contributed by atoms with Crippen LogP contribution in [0.25, 0.3) is 0 Å². The third-order valence-electron chi connectivity index (χ3n) is 2.36. The Bertz CT molecular complexity index is 300. The second-order valence-corrected chi connectivity index (χ2v) is 5.03. The molecule has 3 nitrogen and oxygen atoms in total. The Labute approximate surface area is 97.8 Å². The van der Waals surface area contributed by atoms with Crippen LogP contribution in [-0.4, -0.2) is 29.7 Å². The molecule has 0 N–H and O–H groups in total. The molecule has 0 saturated carbocycles. The van der Waals surface area contributed by atoms with Crippen molar-refractivity contribution >= 4 is 6.09 Å². The van der Waals surface area contributed by atoms with Gasteiger partial charge in [-0.25, -0.2) is 4.79 Å². The Balaban J connectivity index is 2.47. The van der Waals surface area contributed by atoms with Gasteiger partial charge in [-0.3, -0.25) is 0 Å². The van der Waals surface area contributed by atoms with Crippen molar-refractivity contribution in [3.63, 3.8) is 0 Å². The average Bonchev–Trinajstić information content (AvgIpc) is 2.16. The number of nitrogens with zero attached hydrogens (tertiary/aromatic N) is 1. The van der Waals surface area contributed by atoms with Crippen LogP contribution in [0.4, 0.5) is 4.79 Å². The van der Waals surface area contributed by atoms with Crippen LogP contribution >= 0.6 is 0 Å². The van der Waals surface area contributed by atoms with Gasteiger partial charge in [0.25, 0.3) is 0 Å². The van der Waals surface area contributed by atoms with Gasteiger partial charge in [0.15, 0.2) is 0 Å². The molecule has 0 unspecified atom stereocenters. The van der Waals surface area contributed by atoms with Crippen molar-refractivity contribution in [1.29, 1.82) is 0 Å². The highest BCUT2D eigenvalue weighted by Crippen LogP contribution is 2.17. The molecule has 1 heterocycles. The smallest absolute Gasteiger partial charge is 0.410 e. The normalized spacial score (nSPS) is 16.7. The largest absolute Gasteiger partial charge is 0.444 e. The zero-order chi connectivity index (χ0) is 12.2. The highest BCUT2D eigenvalue weighted by Gasteiger charge is 2.23. The highest BCUT2D eigenvalue weighted by atomic mass is 16.6. The molecular formula is C13H21NO2. The summed E-state index contributed by atoms with van der Waals surface area (Å²) in [5, 5.41) is 0. The van der Waals surface area contributed by atoms with Crippen molar-refractivity contribution in [3.05, 3.63) is 24.3 Å². The van der Waals surface area contributed by atoms with E-state index in [1.807, 2.05) is 26.8 Å². The quantitative estimate of drug-likeness (QED) is 0.673. The van der Waals surface area contributed by atoms with E-state index in [1.54, 1.807) is 4.90 Å². The molecule has 3 heteroatoms. The Kier molecular flexibility index (Phi) is 4.16. The minimum atomic E-state index is -0.414. The summed E-state index contributed by atoms with van der Waals surface area (Å²) in [7, 11) is 0. The molecule has 0 spiro atoms. The molecule has 0 aromatic carbocycles. The highest BCUT2D eigenvalue weighted by molar-refractivity contribution is 5.68. The number of amides is 1. The maximum atomic E-state index is 11.7. The van der Waals surface area contributed by atoms with E-state index in [9.17, 15) is 4.79 Å². The van der Waals surface area contributed by atoms with Crippen molar-refractivity contribution in [1.82, 2.24) is 4.90 Å². The number of allylic oxidation sites excluding steroid dienone is 1. The second kappa shape index (κ2) is 5.19. The SMILES string of the molecule is C=CCC1=CCN(C(=O)OC(C)(C)C)CC1. The van der Waals surface area contributed by atoms with E-state index in [1.165, 1.54) is 5.57 Å². The molecule has 1 amide bonds. The fraction of sp³-hybridized carbons (Fsp3) is 0.615. The first-order valence-electron chi connectivity index (χ1n) is 5.69. The summed E-state index contributed by atoms with van der Waals surface area (Å²) in [4.78, 5) is 13.5. The molecule has 1 aliphatic heterocycles. The summed E-state index contributed by atoms with van der Waals surface area (Å²) in [6, 6.07) is 0. The first-order chi connectivity index (χ1) is 7.42. The monoisotopic (exact) mass is 223 g/mol. The standard InChI is InChI=1S/C13H21NO2/c1-5-6-11-7-9-14(10-8-11)12(15)16-13(2,3)4/h5,7H,1,6,8-10H2,2-4H3. The Morgan fingerprint density at radius 3 is 2.75 bits per heavy atom. The third kappa shape index (κ3) is 4.09. The van der Waals surface area contributed by atoms with Crippen LogP contribution < -0.4 is 0 Å². The first-order valence-corrected chi connectivity index (χ1v) is 5.69. The van der Waals surface area contributed by atoms with Gasteiger partial charge >= 0.3 is 6.09 Å². The lowest BCUT2D eigenvalue weighted by molar-refractivity contribution is 0.0265. The molecule has 16 heavy (non-hydrogen) atoms. The second-order valence-electron chi connectivity index (χ2n) is 5.03. The summed E-state index contributed by atoms with van der Waals surface area (Å²) < 4.78 is 5.31. The van der Waals surface area contributed by atoms with Crippen LogP contribution in [-0.2, 0) is 4.74 Å². The van der Waals surface area contributed by atoms with Crippen LogP contribution in [0.2, 0.25) is 0 Å². The van der Waals surface area contributed by atoms with Gasteiger partial charge in [0.1, 0.15) is 5.60 Å². The van der Waals surface area contributed by atoms with Crippen LogP contribution in [0.1, 0.15) is 33.6 Å². The molecule has 0 radical (unpaired) electrons. The van der Waals surface area contributed by atoms with Gasteiger partial charge in [0, 0.05) is 13.1 Å². The lowest BCUT2D eigenvalue weighted by atomic mass is 10.1. The third-order valence-corrected chi connectivity index (χ3v) is 2.36. The van der Waals surface area contributed by atoms with Crippen molar-refractivity contribution in [2.75, 3.05) is 13.1 Å². The van der Waals surface area contributed by atoms with Crippen molar-refractivity contribution < 1.29 is 9.53 Å². The summed E-state index contributed by atoms with van der Waals surface area (Å²) in [6.45, 7) is 10.8. The molecule has 0 bridgehead atoms. The lowest BCUT2D eigenvalue weighted by Crippen LogP contribution is -2.39. The summed E-state index contributed by atoms with van der Waals surface area (Å²) in [6.07, 6.45) is 5.61. The summed E-state index contributed by atoms with van der Waals surface area (Å²) in [5.74, 6) is 0. The minimum Gasteiger partial charge on any atom is -0.444 e. The van der Waals surface area contributed by atoms with Crippen molar-refractivity contribution in [2.24, 2.45) is 0 Å². The van der Waals surface area contributed by atoms with Crippen LogP contribution in [0.15, 0.2) is 24.3 Å². The van der Waals surface area contributed by atoms with E-state index in [0.29, 0.717) is 6.54 Å². The maximum Gasteiger partial charge on any atom is 0.410 e. The molecule has 1 aliphatic rings. The average molecular weight is 223 g/mol. The number of carbonyl (C=O) groups excluding carboxylic acids is 1. The first kappa shape index (κ1) is 12.8. The fourth-order valence-corrected chi connectivity index (χ4v) is 1.57. The number of hydrogen-bond acceptors (Lipinski definition) is 2. The minimum absolute atomic E-state index is 0.221. The molecular weight excluding hydrogens is 202 g/mol. The molecule has 0 atom stereocenters. The Morgan fingerprint density at radius 1 is 1.62 bits per heavy atom. The number of carbonyl (C=O) groups is 1. The van der Waals surface area contributed by atoms with E-state index in [-0.39, 0.29) is 6.09 Å². The molecule has 0 saturated heterocycles. The number of rotatable bonds is 2. The zero-order valence-corrected chi connectivity index (χ0v) is 10.5. The van der Waals surface area contributed by atoms with E-state index < -0.39 is 5.60 Å². The number of hydrogen-bond donors (Lipinski definition) is 0. The summed E-state index contributed by atoms with van der Waals surface area (Å²) >= 11 is 0. The molecule has 1 rings (SSSR count). The van der Waals surface area contributed by atoms with E-state index in [2.05, 4.69) is 12.7 Å². The Morgan fingerprint density at radius 2 is 2.31 bits per heavy atom. The Hall–Kier alpha value is -1.25. The van der Waals surface area contributed by atoms with Crippen LogP contribution in [0, 0.1) is 0 Å². The van der Waals surface area contributed by atoms with Gasteiger partial charge < -0.3 is 9.64 Å². The van der Waals surface area contributed by atoms with Gasteiger partial charge in [-0.1, -0.05) is 17.7 Å². The predicted octanol–water partition coefficient (Wildman–Crippen LogP) is 3.13. The topological polar surface area (TPSA) is 29.5 Å². The maximum absolute atomic E-state index is 11.7. The van der Waals surface area contributed by atoms with Gasteiger partial charge in [-0.15, -0.1) is 6.58 Å². The molecule has 0 aromatic heterocycles. The van der Waals surface area contributed by atoms with Crippen molar-refractivity contribution in [2.45, 2.75) is 39.2 Å². The van der Waals surface area contributed by atoms with E-state index in [0.717, 1.165) is 19.4 Å². The van der Waals surface area contributed by atoms with Gasteiger partial charge in [0.05, 0.1) is 0 Å². The lowest BCUT2D eigenvalue weighted by Gasteiger charge is -2.29. The predicted molar refractivity (Wildman–Crippen MR) is 65.3 cm³/mol. The zero-order valence-electron chi connectivity index (χ0n) is 10.5. The fourth-order valence-electron chi connectivity index (χ4n) is 1.57.